The molecule has 0 aliphatic heterocycles. The topological polar surface area (TPSA) is 37.3 Å². The molecule has 5 rings (SSSR count). The molecule has 0 spiro atoms. The predicted molar refractivity (Wildman–Crippen MR) is 123 cm³/mol. The standard InChI is InChI=1S/C28H26O2/c1-18(29)27-26(24-14-12-20-8-4-6-10-22(20)16-24)25(17-28(27,2)30)23-13-11-19-7-3-5-9-21(19)15-23/h3-16,25-27,30H,17H2,1-2H3/t25-,26-,27+,28-/m0/s1. The van der Waals surface area contributed by atoms with Gasteiger partial charge in [-0.05, 0) is 58.9 Å². The minimum atomic E-state index is -1.03. The number of aliphatic hydroxyl groups is 1. The molecule has 1 saturated carbocycles. The number of benzene rings is 4. The Morgan fingerprint density at radius 1 is 0.800 bits per heavy atom. The lowest BCUT2D eigenvalue weighted by atomic mass is 9.76. The number of hydrogen-bond acceptors (Lipinski definition) is 2. The molecular formula is C28H26O2. The minimum Gasteiger partial charge on any atom is -0.389 e. The van der Waals surface area contributed by atoms with Gasteiger partial charge in [-0.25, -0.2) is 0 Å². The molecule has 0 heterocycles. The number of ketones is 1. The van der Waals surface area contributed by atoms with Gasteiger partial charge in [0.05, 0.1) is 11.5 Å². The largest absolute Gasteiger partial charge is 0.389 e. The van der Waals surface area contributed by atoms with E-state index >= 15 is 0 Å². The summed E-state index contributed by atoms with van der Waals surface area (Å²) in [5, 5.41) is 16.0. The van der Waals surface area contributed by atoms with Gasteiger partial charge in [-0.2, -0.15) is 0 Å². The van der Waals surface area contributed by atoms with E-state index in [9.17, 15) is 9.90 Å². The third-order valence-electron chi connectivity index (χ3n) is 6.89. The Morgan fingerprint density at radius 3 is 1.87 bits per heavy atom. The monoisotopic (exact) mass is 394 g/mol. The van der Waals surface area contributed by atoms with Crippen LogP contribution in [0.3, 0.4) is 0 Å². The second-order valence-electron chi connectivity index (χ2n) is 9.00. The molecule has 1 aliphatic carbocycles. The van der Waals surface area contributed by atoms with E-state index < -0.39 is 11.5 Å². The number of hydrogen-bond donors (Lipinski definition) is 1. The molecule has 0 saturated heterocycles. The first kappa shape index (κ1) is 19.0. The van der Waals surface area contributed by atoms with Gasteiger partial charge in [0.2, 0.25) is 0 Å². The summed E-state index contributed by atoms with van der Waals surface area (Å²) < 4.78 is 0. The molecule has 150 valence electrons. The molecule has 0 unspecified atom stereocenters. The van der Waals surface area contributed by atoms with Crippen molar-refractivity contribution in [2.75, 3.05) is 0 Å². The molecule has 30 heavy (non-hydrogen) atoms. The number of carbonyl (C=O) groups is 1. The SMILES string of the molecule is CC(=O)[C@@H]1[C@@H](c2ccc3ccccc3c2)[C@H](c2ccc3ccccc3c2)C[C@]1(C)O. The second-order valence-corrected chi connectivity index (χ2v) is 9.00. The molecule has 0 aromatic heterocycles. The zero-order valence-corrected chi connectivity index (χ0v) is 17.4. The normalized spacial score (nSPS) is 26.3. The molecule has 0 bridgehead atoms. The highest BCUT2D eigenvalue weighted by Crippen LogP contribution is 2.55. The highest BCUT2D eigenvalue weighted by molar-refractivity contribution is 5.86. The van der Waals surface area contributed by atoms with Crippen LogP contribution in [-0.4, -0.2) is 16.5 Å². The van der Waals surface area contributed by atoms with E-state index in [2.05, 4.69) is 66.7 Å². The molecule has 1 fully saturated rings. The Hall–Kier alpha value is -2.97. The third-order valence-corrected chi connectivity index (χ3v) is 6.89. The van der Waals surface area contributed by atoms with Crippen molar-refractivity contribution in [3.8, 4) is 0 Å². The molecule has 2 heteroatoms. The lowest BCUT2D eigenvalue weighted by molar-refractivity contribution is -0.127. The maximum absolute atomic E-state index is 12.7. The fraction of sp³-hybridized carbons (Fsp3) is 0.250. The summed E-state index contributed by atoms with van der Waals surface area (Å²) in [4.78, 5) is 12.7. The highest BCUT2D eigenvalue weighted by atomic mass is 16.3. The first-order chi connectivity index (χ1) is 14.4. The lowest BCUT2D eigenvalue weighted by Gasteiger charge is -2.28. The average Bonchev–Trinajstić information content (AvgIpc) is 3.04. The van der Waals surface area contributed by atoms with Crippen LogP contribution < -0.4 is 0 Å². The Morgan fingerprint density at radius 2 is 1.30 bits per heavy atom. The van der Waals surface area contributed by atoms with Crippen LogP contribution in [0, 0.1) is 5.92 Å². The first-order valence-electron chi connectivity index (χ1n) is 10.6. The van der Waals surface area contributed by atoms with Crippen molar-refractivity contribution in [3.63, 3.8) is 0 Å². The van der Waals surface area contributed by atoms with Crippen LogP contribution in [0.25, 0.3) is 21.5 Å². The Labute approximate surface area is 177 Å². The van der Waals surface area contributed by atoms with Crippen LogP contribution in [0.15, 0.2) is 84.9 Å². The number of Topliss-reactive ketones (excluding diaryl/α,β-unsaturated/α-hetero) is 1. The van der Waals surface area contributed by atoms with E-state index in [0.717, 1.165) is 5.56 Å². The summed E-state index contributed by atoms with van der Waals surface area (Å²) in [6.07, 6.45) is 0.576. The molecule has 2 nitrogen and oxygen atoms in total. The van der Waals surface area contributed by atoms with Gasteiger partial charge in [-0.3, -0.25) is 4.79 Å². The van der Waals surface area contributed by atoms with Crippen LogP contribution in [0.5, 0.6) is 0 Å². The lowest BCUT2D eigenvalue weighted by Crippen LogP contribution is -2.36. The van der Waals surface area contributed by atoms with Gasteiger partial charge in [0, 0.05) is 5.92 Å². The van der Waals surface area contributed by atoms with Crippen molar-refractivity contribution in [1.29, 1.82) is 0 Å². The molecule has 4 aromatic carbocycles. The van der Waals surface area contributed by atoms with Crippen molar-refractivity contribution in [2.45, 2.75) is 37.7 Å². The summed E-state index contributed by atoms with van der Waals surface area (Å²) in [5.41, 5.74) is 1.29. The van der Waals surface area contributed by atoms with E-state index in [1.54, 1.807) is 6.92 Å². The van der Waals surface area contributed by atoms with Gasteiger partial charge in [-0.15, -0.1) is 0 Å². The van der Waals surface area contributed by atoms with Gasteiger partial charge in [0.15, 0.2) is 0 Å². The van der Waals surface area contributed by atoms with Crippen LogP contribution in [0.4, 0.5) is 0 Å². The molecule has 4 aromatic rings. The smallest absolute Gasteiger partial charge is 0.136 e. The number of fused-ring (bicyclic) bond motifs is 2. The predicted octanol–water partition coefficient (Wildman–Crippen LogP) is 6.22. The third kappa shape index (κ3) is 3.12. The van der Waals surface area contributed by atoms with E-state index in [-0.39, 0.29) is 17.6 Å². The quantitative estimate of drug-likeness (QED) is 0.448. The van der Waals surface area contributed by atoms with Crippen LogP contribution in [0.2, 0.25) is 0 Å². The molecule has 1 aliphatic rings. The maximum atomic E-state index is 12.7. The van der Waals surface area contributed by atoms with Gasteiger partial charge >= 0.3 is 0 Å². The Bertz CT molecular complexity index is 1250. The minimum absolute atomic E-state index is 0.0525. The summed E-state index contributed by atoms with van der Waals surface area (Å²) in [5.74, 6) is -0.334. The van der Waals surface area contributed by atoms with Crippen molar-refractivity contribution in [1.82, 2.24) is 0 Å². The second kappa shape index (κ2) is 7.07. The number of rotatable bonds is 3. The van der Waals surface area contributed by atoms with Crippen molar-refractivity contribution < 1.29 is 9.90 Å². The van der Waals surface area contributed by atoms with Gasteiger partial charge < -0.3 is 5.11 Å². The summed E-state index contributed by atoms with van der Waals surface area (Å²) >= 11 is 0. The van der Waals surface area contributed by atoms with E-state index in [4.69, 9.17) is 0 Å². The van der Waals surface area contributed by atoms with E-state index in [1.165, 1.54) is 27.1 Å². The number of carbonyl (C=O) groups excluding carboxylic acids is 1. The molecular weight excluding hydrogens is 368 g/mol. The van der Waals surface area contributed by atoms with Gasteiger partial charge in [-0.1, -0.05) is 84.9 Å². The van der Waals surface area contributed by atoms with Crippen molar-refractivity contribution in [2.24, 2.45) is 5.92 Å². The highest BCUT2D eigenvalue weighted by Gasteiger charge is 2.53. The maximum Gasteiger partial charge on any atom is 0.136 e. The fourth-order valence-corrected chi connectivity index (χ4v) is 5.61. The Balaban J connectivity index is 1.67. The summed E-state index contributed by atoms with van der Waals surface area (Å²) in [7, 11) is 0. The summed E-state index contributed by atoms with van der Waals surface area (Å²) in [6.45, 7) is 3.45. The van der Waals surface area contributed by atoms with E-state index in [1.807, 2.05) is 25.1 Å². The van der Waals surface area contributed by atoms with Crippen molar-refractivity contribution >= 4 is 27.3 Å². The van der Waals surface area contributed by atoms with Crippen LogP contribution in [-0.2, 0) is 4.79 Å². The van der Waals surface area contributed by atoms with Gasteiger partial charge in [0.25, 0.3) is 0 Å². The van der Waals surface area contributed by atoms with Crippen LogP contribution >= 0.6 is 0 Å². The van der Waals surface area contributed by atoms with Gasteiger partial charge in [0.1, 0.15) is 5.78 Å². The molecule has 1 N–H and O–H groups in total. The Kier molecular flexibility index (Phi) is 4.48. The zero-order valence-electron chi connectivity index (χ0n) is 17.4. The molecule has 0 radical (unpaired) electrons. The average molecular weight is 395 g/mol. The first-order valence-corrected chi connectivity index (χ1v) is 10.6. The summed E-state index contributed by atoms with van der Waals surface area (Å²) in [6, 6.07) is 29.6. The van der Waals surface area contributed by atoms with Crippen LogP contribution in [0.1, 0.15) is 43.2 Å². The fourth-order valence-electron chi connectivity index (χ4n) is 5.61. The molecule has 4 atom stereocenters. The van der Waals surface area contributed by atoms with E-state index in [0.29, 0.717) is 6.42 Å². The molecule has 0 amide bonds. The zero-order chi connectivity index (χ0) is 20.9. The van der Waals surface area contributed by atoms with Crippen molar-refractivity contribution in [3.05, 3.63) is 96.1 Å².